The van der Waals surface area contributed by atoms with E-state index in [1.807, 2.05) is 0 Å². The predicted octanol–water partition coefficient (Wildman–Crippen LogP) is 5.69. The van der Waals surface area contributed by atoms with Crippen LogP contribution in [0.2, 0.25) is 0 Å². The molecule has 2 aliphatic heterocycles. The summed E-state index contributed by atoms with van der Waals surface area (Å²) >= 11 is 0. The summed E-state index contributed by atoms with van der Waals surface area (Å²) in [7, 11) is -0.845. The van der Waals surface area contributed by atoms with Crippen LogP contribution in [-0.2, 0) is 18.6 Å². The highest BCUT2D eigenvalue weighted by Crippen LogP contribution is 2.39. The summed E-state index contributed by atoms with van der Waals surface area (Å²) in [6.07, 6.45) is 0. The molecule has 4 aromatic rings. The third-order valence-electron chi connectivity index (χ3n) is 9.13. The summed E-state index contributed by atoms with van der Waals surface area (Å²) in [6.45, 7) is 18.8. The third kappa shape index (κ3) is 3.86. The summed E-state index contributed by atoms with van der Waals surface area (Å²) in [4.78, 5) is 0. The summed E-state index contributed by atoms with van der Waals surface area (Å²) < 4.78 is 27.9. The average molecular weight is 509 g/mol. The number of aromatic nitrogens is 1. The van der Waals surface area contributed by atoms with Gasteiger partial charge in [-0.25, -0.2) is 0 Å². The van der Waals surface area contributed by atoms with Gasteiger partial charge in [-0.1, -0.05) is 36.4 Å². The molecule has 6 rings (SSSR count). The molecule has 0 atom stereocenters. The monoisotopic (exact) mass is 509 g/mol. The van der Waals surface area contributed by atoms with E-state index in [4.69, 9.17) is 18.6 Å². The van der Waals surface area contributed by atoms with Gasteiger partial charge in [0.25, 0.3) is 0 Å². The van der Waals surface area contributed by atoms with Crippen LogP contribution >= 0.6 is 0 Å². The highest BCUT2D eigenvalue weighted by atomic mass is 16.7. The Bertz CT molecular complexity index is 1440. The molecule has 0 aliphatic carbocycles. The molecule has 3 aromatic carbocycles. The Morgan fingerprint density at radius 1 is 0.553 bits per heavy atom. The van der Waals surface area contributed by atoms with Gasteiger partial charge in [0.05, 0.1) is 33.4 Å². The minimum Gasteiger partial charge on any atom is -0.399 e. The average Bonchev–Trinajstić information content (AvgIpc) is 3.35. The Morgan fingerprint density at radius 3 is 1.37 bits per heavy atom. The van der Waals surface area contributed by atoms with Gasteiger partial charge < -0.3 is 23.2 Å². The van der Waals surface area contributed by atoms with E-state index in [1.165, 1.54) is 16.3 Å². The molecule has 0 radical (unpaired) electrons. The molecule has 0 unspecified atom stereocenters. The first-order valence-corrected chi connectivity index (χ1v) is 13.6. The topological polar surface area (TPSA) is 41.9 Å². The molecule has 2 saturated heterocycles. The number of nitrogens with zero attached hydrogens (tertiary/aromatic N) is 1. The van der Waals surface area contributed by atoms with E-state index in [0.717, 1.165) is 27.6 Å². The Morgan fingerprint density at radius 2 is 0.974 bits per heavy atom. The normalized spacial score (nSPS) is 21.6. The van der Waals surface area contributed by atoms with Crippen LogP contribution in [0, 0.1) is 6.92 Å². The van der Waals surface area contributed by atoms with Gasteiger partial charge in [0, 0.05) is 16.5 Å². The van der Waals surface area contributed by atoms with Gasteiger partial charge in [0.1, 0.15) is 0 Å². The van der Waals surface area contributed by atoms with Crippen molar-refractivity contribution in [2.45, 2.75) is 84.7 Å². The van der Waals surface area contributed by atoms with Crippen molar-refractivity contribution in [3.05, 3.63) is 66.2 Å². The van der Waals surface area contributed by atoms with Crippen molar-refractivity contribution in [2.75, 3.05) is 0 Å². The SMILES string of the molecule is Cc1cccc(-n2c3cc(B4OC(C)(C)C(C)(C)O4)ccc3c3ccc(B4OC(C)(C)C(C)(C)O4)cc32)c1. The molecule has 1 aromatic heterocycles. The van der Waals surface area contributed by atoms with Gasteiger partial charge in [-0.3, -0.25) is 0 Å². The largest absolute Gasteiger partial charge is 0.494 e. The van der Waals surface area contributed by atoms with Crippen LogP contribution in [0.5, 0.6) is 0 Å². The van der Waals surface area contributed by atoms with Gasteiger partial charge in [-0.05, 0) is 103 Å². The smallest absolute Gasteiger partial charge is 0.399 e. The lowest BCUT2D eigenvalue weighted by Gasteiger charge is -2.32. The quantitative estimate of drug-likeness (QED) is 0.333. The third-order valence-corrected chi connectivity index (χ3v) is 9.13. The van der Waals surface area contributed by atoms with Gasteiger partial charge in [-0.2, -0.15) is 0 Å². The van der Waals surface area contributed by atoms with Crippen LogP contribution in [0.1, 0.15) is 61.0 Å². The zero-order chi connectivity index (χ0) is 27.3. The fourth-order valence-corrected chi connectivity index (χ4v) is 5.35. The lowest BCUT2D eigenvalue weighted by molar-refractivity contribution is 0.00578. The molecule has 38 heavy (non-hydrogen) atoms. The lowest BCUT2D eigenvalue weighted by Crippen LogP contribution is -2.41. The van der Waals surface area contributed by atoms with Crippen molar-refractivity contribution in [2.24, 2.45) is 0 Å². The van der Waals surface area contributed by atoms with Gasteiger partial charge in [0.15, 0.2) is 0 Å². The maximum atomic E-state index is 6.40. The fourth-order valence-electron chi connectivity index (χ4n) is 5.35. The zero-order valence-electron chi connectivity index (χ0n) is 24.0. The van der Waals surface area contributed by atoms with E-state index >= 15 is 0 Å². The number of fused-ring (bicyclic) bond motifs is 3. The Kier molecular flexibility index (Phi) is 5.56. The van der Waals surface area contributed by atoms with Gasteiger partial charge in [-0.15, -0.1) is 0 Å². The Hall–Kier alpha value is -2.57. The molecule has 3 heterocycles. The predicted molar refractivity (Wildman–Crippen MR) is 157 cm³/mol. The number of aryl methyl sites for hydroxylation is 1. The molecule has 0 spiro atoms. The molecule has 0 amide bonds. The van der Waals surface area contributed by atoms with Crippen molar-refractivity contribution in [3.8, 4) is 5.69 Å². The molecule has 2 fully saturated rings. The number of hydrogen-bond acceptors (Lipinski definition) is 4. The van der Waals surface area contributed by atoms with E-state index in [2.05, 4.69) is 128 Å². The van der Waals surface area contributed by atoms with Crippen LogP contribution < -0.4 is 10.9 Å². The molecule has 7 heteroatoms. The van der Waals surface area contributed by atoms with E-state index < -0.39 is 36.6 Å². The van der Waals surface area contributed by atoms with Crippen molar-refractivity contribution in [1.29, 1.82) is 0 Å². The van der Waals surface area contributed by atoms with Crippen LogP contribution in [0.25, 0.3) is 27.5 Å². The van der Waals surface area contributed by atoms with Crippen LogP contribution in [0.15, 0.2) is 60.7 Å². The maximum absolute atomic E-state index is 6.40. The second-order valence-corrected chi connectivity index (χ2v) is 12.9. The molecular weight excluding hydrogens is 472 g/mol. The number of hydrogen-bond donors (Lipinski definition) is 0. The zero-order valence-corrected chi connectivity index (χ0v) is 24.0. The fraction of sp³-hybridized carbons (Fsp3) is 0.419. The first-order chi connectivity index (χ1) is 17.7. The van der Waals surface area contributed by atoms with Crippen LogP contribution in [-0.4, -0.2) is 41.2 Å². The molecule has 2 aliphatic rings. The summed E-state index contributed by atoms with van der Waals surface area (Å²) in [6, 6.07) is 21.7. The van der Waals surface area contributed by atoms with E-state index in [9.17, 15) is 0 Å². The Labute approximate surface area is 226 Å². The Balaban J connectivity index is 1.54. The van der Waals surface area contributed by atoms with E-state index in [0.29, 0.717) is 0 Å². The van der Waals surface area contributed by atoms with Crippen LogP contribution in [0.3, 0.4) is 0 Å². The first-order valence-electron chi connectivity index (χ1n) is 13.6. The second kappa shape index (κ2) is 8.22. The molecule has 0 saturated carbocycles. The molecular formula is C31H37B2NO4. The maximum Gasteiger partial charge on any atom is 0.494 e. The standard InChI is InChI=1S/C31H37B2NO4/c1-20-11-10-12-23(17-20)34-26-18-21(32-35-28(2,3)29(4,5)36-32)13-15-24(26)25-16-14-22(19-27(25)34)33-37-30(6,7)31(8,9)38-33/h10-19H,1-9H3. The van der Waals surface area contributed by atoms with Gasteiger partial charge >= 0.3 is 14.2 Å². The van der Waals surface area contributed by atoms with E-state index in [1.54, 1.807) is 0 Å². The van der Waals surface area contributed by atoms with Crippen LogP contribution in [0.4, 0.5) is 0 Å². The minimum absolute atomic E-state index is 0.395. The summed E-state index contributed by atoms with van der Waals surface area (Å²) in [5.41, 5.74) is 5.00. The van der Waals surface area contributed by atoms with Gasteiger partial charge in [0.2, 0.25) is 0 Å². The number of benzene rings is 3. The van der Waals surface area contributed by atoms with Crippen molar-refractivity contribution in [1.82, 2.24) is 4.57 Å². The molecule has 0 bridgehead atoms. The number of rotatable bonds is 3. The van der Waals surface area contributed by atoms with E-state index in [-0.39, 0.29) is 0 Å². The van der Waals surface area contributed by atoms with Crippen molar-refractivity contribution >= 4 is 47.0 Å². The minimum atomic E-state index is -0.423. The highest BCUT2D eigenvalue weighted by Gasteiger charge is 2.53. The highest BCUT2D eigenvalue weighted by molar-refractivity contribution is 6.63. The lowest BCUT2D eigenvalue weighted by atomic mass is 9.78. The van der Waals surface area contributed by atoms with Crippen molar-refractivity contribution in [3.63, 3.8) is 0 Å². The molecule has 196 valence electrons. The van der Waals surface area contributed by atoms with Crippen molar-refractivity contribution < 1.29 is 18.6 Å². The second-order valence-electron chi connectivity index (χ2n) is 12.9. The summed E-state index contributed by atoms with van der Waals surface area (Å²) in [5, 5.41) is 2.37. The molecule has 0 N–H and O–H groups in total. The first kappa shape index (κ1) is 25.7. The molecule has 5 nitrogen and oxygen atoms in total. The summed E-state index contributed by atoms with van der Waals surface area (Å²) in [5.74, 6) is 0.